The zero-order valence-corrected chi connectivity index (χ0v) is 11.1. The van der Waals surface area contributed by atoms with Crippen molar-refractivity contribution in [3.8, 4) is 0 Å². The maximum Gasteiger partial charge on any atom is 0.334 e. The van der Waals surface area contributed by atoms with E-state index >= 15 is 0 Å². The number of carboxylic acids is 1. The van der Waals surface area contributed by atoms with Gasteiger partial charge in [0.1, 0.15) is 5.76 Å². The van der Waals surface area contributed by atoms with Gasteiger partial charge in [-0.1, -0.05) is 0 Å². The Labute approximate surface area is 112 Å². The Balaban J connectivity index is 2.42. The first kappa shape index (κ1) is 14.5. The Bertz CT molecular complexity index is 454. The number of rotatable bonds is 6. The second-order valence-corrected chi connectivity index (χ2v) is 4.06. The molecule has 0 saturated heterocycles. The van der Waals surface area contributed by atoms with E-state index in [1.165, 1.54) is 19.3 Å². The third-order valence-corrected chi connectivity index (χ3v) is 2.44. The van der Waals surface area contributed by atoms with E-state index in [4.69, 9.17) is 9.52 Å². The fourth-order valence-corrected chi connectivity index (χ4v) is 1.42. The van der Waals surface area contributed by atoms with Crippen LogP contribution in [0.3, 0.4) is 0 Å². The molecule has 0 radical (unpaired) electrons. The van der Waals surface area contributed by atoms with E-state index in [0.29, 0.717) is 10.4 Å². The van der Waals surface area contributed by atoms with Crippen molar-refractivity contribution in [2.45, 2.75) is 6.10 Å². The summed E-state index contributed by atoms with van der Waals surface area (Å²) < 4.78 is 10.4. The van der Waals surface area contributed by atoms with Crippen LogP contribution in [0.5, 0.6) is 0 Å². The molecule has 2 N–H and O–H groups in total. The summed E-state index contributed by atoms with van der Waals surface area (Å²) in [6.07, 6.45) is 1.67. The number of carbonyl (C=O) groups excluding carboxylic acids is 1. The summed E-state index contributed by atoms with van der Waals surface area (Å²) in [5, 5.41) is 11.1. The Morgan fingerprint density at radius 2 is 2.33 bits per heavy atom. The topological polar surface area (TPSA) is 88.8 Å². The van der Waals surface area contributed by atoms with Crippen molar-refractivity contribution in [3.63, 3.8) is 0 Å². The van der Waals surface area contributed by atoms with Crippen LogP contribution >= 0.6 is 15.9 Å². The molecule has 0 aliphatic rings. The van der Waals surface area contributed by atoms with Crippen LogP contribution in [-0.2, 0) is 14.3 Å². The molecular weight excluding hydrogens is 306 g/mol. The first-order chi connectivity index (χ1) is 8.52. The number of furan rings is 1. The van der Waals surface area contributed by atoms with Crippen molar-refractivity contribution in [3.05, 3.63) is 28.6 Å². The monoisotopic (exact) mass is 317 g/mol. The van der Waals surface area contributed by atoms with E-state index in [9.17, 15) is 9.59 Å². The minimum Gasteiger partial charge on any atom is -0.479 e. The first-order valence-electron chi connectivity index (χ1n) is 4.99. The zero-order chi connectivity index (χ0) is 13.5. The summed E-state index contributed by atoms with van der Waals surface area (Å²) in [5.41, 5.74) is 0. The molecule has 1 aromatic heterocycles. The number of hydrogen-bond acceptors (Lipinski definition) is 4. The number of hydrogen-bond donors (Lipinski definition) is 2. The highest BCUT2D eigenvalue weighted by Gasteiger charge is 2.16. The molecule has 0 bridgehead atoms. The quantitative estimate of drug-likeness (QED) is 0.771. The highest BCUT2D eigenvalue weighted by molar-refractivity contribution is 9.10. The van der Waals surface area contributed by atoms with Crippen molar-refractivity contribution >= 4 is 33.9 Å². The lowest BCUT2D eigenvalue weighted by Gasteiger charge is -2.09. The average molecular weight is 318 g/mol. The van der Waals surface area contributed by atoms with Crippen LogP contribution < -0.4 is 5.32 Å². The molecule has 0 saturated carbocycles. The number of ether oxygens (including phenoxy) is 1. The number of carbonyl (C=O) groups is 2. The molecule has 0 aliphatic carbocycles. The molecule has 1 rings (SSSR count). The van der Waals surface area contributed by atoms with Gasteiger partial charge >= 0.3 is 5.97 Å². The largest absolute Gasteiger partial charge is 0.479 e. The summed E-state index contributed by atoms with van der Waals surface area (Å²) in [6.45, 7) is -0.100. The van der Waals surface area contributed by atoms with E-state index in [1.807, 2.05) is 0 Å². The lowest BCUT2D eigenvalue weighted by Crippen LogP contribution is -2.37. The summed E-state index contributed by atoms with van der Waals surface area (Å²) in [5.74, 6) is -1.04. The van der Waals surface area contributed by atoms with Gasteiger partial charge in [-0.2, -0.15) is 0 Å². The molecule has 1 atom stereocenters. The fourth-order valence-electron chi connectivity index (χ4n) is 1.10. The molecule has 0 aromatic carbocycles. The van der Waals surface area contributed by atoms with Gasteiger partial charge in [-0.05, 0) is 34.1 Å². The minimum absolute atomic E-state index is 0.100. The Morgan fingerprint density at radius 3 is 2.83 bits per heavy atom. The Kier molecular flexibility index (Phi) is 5.60. The van der Waals surface area contributed by atoms with Gasteiger partial charge in [0.15, 0.2) is 10.8 Å². The van der Waals surface area contributed by atoms with Gasteiger partial charge in [0.2, 0.25) is 5.91 Å². The van der Waals surface area contributed by atoms with Crippen molar-refractivity contribution in [1.29, 1.82) is 0 Å². The number of nitrogens with one attached hydrogen (secondary N) is 1. The fraction of sp³-hybridized carbons (Fsp3) is 0.273. The predicted molar refractivity (Wildman–Crippen MR) is 66.9 cm³/mol. The molecule has 0 aliphatic heterocycles. The zero-order valence-electron chi connectivity index (χ0n) is 9.55. The predicted octanol–water partition coefficient (Wildman–Crippen LogP) is 1.27. The van der Waals surface area contributed by atoms with Crippen molar-refractivity contribution in [2.75, 3.05) is 13.7 Å². The molecule has 1 amide bonds. The number of carboxylic acid groups (broad SMARTS) is 1. The minimum atomic E-state index is -1.13. The van der Waals surface area contributed by atoms with Crippen molar-refractivity contribution in [2.24, 2.45) is 0 Å². The summed E-state index contributed by atoms with van der Waals surface area (Å²) in [7, 11) is 1.27. The molecule has 6 nitrogen and oxygen atoms in total. The standard InChI is InChI=1S/C11H12BrNO5/c1-17-8(11(15)16)6-13-10(14)5-3-7-2-4-9(12)18-7/h2-5,8H,6H2,1H3,(H,13,14)(H,15,16)/b5-3+. The third kappa shape index (κ3) is 4.72. The highest BCUT2D eigenvalue weighted by atomic mass is 79.9. The Hall–Kier alpha value is -1.60. The van der Waals surface area contributed by atoms with Gasteiger partial charge in [-0.15, -0.1) is 0 Å². The molecule has 0 spiro atoms. The van der Waals surface area contributed by atoms with E-state index in [2.05, 4.69) is 26.0 Å². The van der Waals surface area contributed by atoms with Gasteiger partial charge in [0, 0.05) is 13.2 Å². The lowest BCUT2D eigenvalue weighted by molar-refractivity contribution is -0.148. The molecule has 1 aromatic rings. The summed E-state index contributed by atoms with van der Waals surface area (Å²) >= 11 is 3.13. The van der Waals surface area contributed by atoms with Gasteiger partial charge < -0.3 is 19.6 Å². The van der Waals surface area contributed by atoms with E-state index in [0.717, 1.165) is 0 Å². The SMILES string of the molecule is COC(CNC(=O)/C=C/c1ccc(Br)o1)C(=O)O. The van der Waals surface area contributed by atoms with E-state index < -0.39 is 18.0 Å². The van der Waals surface area contributed by atoms with Crippen LogP contribution in [0, 0.1) is 0 Å². The van der Waals surface area contributed by atoms with Gasteiger partial charge in [0.05, 0.1) is 6.54 Å². The van der Waals surface area contributed by atoms with Crippen LogP contribution in [0.1, 0.15) is 5.76 Å². The Morgan fingerprint density at radius 1 is 1.61 bits per heavy atom. The van der Waals surface area contributed by atoms with E-state index in [-0.39, 0.29) is 6.54 Å². The van der Waals surface area contributed by atoms with Crippen LogP contribution in [0.4, 0.5) is 0 Å². The normalized spacial score (nSPS) is 12.6. The smallest absolute Gasteiger partial charge is 0.334 e. The molecule has 1 heterocycles. The highest BCUT2D eigenvalue weighted by Crippen LogP contribution is 2.14. The third-order valence-electron chi connectivity index (χ3n) is 2.01. The maximum absolute atomic E-state index is 11.4. The lowest BCUT2D eigenvalue weighted by atomic mass is 10.3. The average Bonchev–Trinajstić information content (AvgIpc) is 2.73. The summed E-state index contributed by atoms with van der Waals surface area (Å²) in [6, 6.07) is 3.38. The number of methoxy groups -OCH3 is 1. The van der Waals surface area contributed by atoms with Crippen LogP contribution in [0.2, 0.25) is 0 Å². The van der Waals surface area contributed by atoms with Crippen LogP contribution in [0.15, 0.2) is 27.3 Å². The maximum atomic E-state index is 11.4. The van der Waals surface area contributed by atoms with Crippen molar-refractivity contribution in [1.82, 2.24) is 5.32 Å². The molecule has 7 heteroatoms. The number of amides is 1. The molecule has 0 fully saturated rings. The molecule has 98 valence electrons. The van der Waals surface area contributed by atoms with Crippen LogP contribution in [-0.4, -0.2) is 36.7 Å². The second kappa shape index (κ2) is 6.97. The van der Waals surface area contributed by atoms with Gasteiger partial charge in [0.25, 0.3) is 0 Å². The van der Waals surface area contributed by atoms with Crippen molar-refractivity contribution < 1.29 is 23.8 Å². The van der Waals surface area contributed by atoms with E-state index in [1.54, 1.807) is 12.1 Å². The number of halogens is 1. The molecule has 18 heavy (non-hydrogen) atoms. The first-order valence-corrected chi connectivity index (χ1v) is 5.79. The molecule has 1 unspecified atom stereocenters. The van der Waals surface area contributed by atoms with Crippen LogP contribution in [0.25, 0.3) is 6.08 Å². The number of aliphatic carboxylic acids is 1. The summed E-state index contributed by atoms with van der Waals surface area (Å²) in [4.78, 5) is 22.0. The second-order valence-electron chi connectivity index (χ2n) is 3.28. The van der Waals surface area contributed by atoms with Gasteiger partial charge in [-0.3, -0.25) is 4.79 Å². The molecular formula is C11H12BrNO5. The van der Waals surface area contributed by atoms with Gasteiger partial charge in [-0.25, -0.2) is 4.79 Å².